The number of benzene rings is 2. The molecule has 2 aromatic rings. The molecular formula is C20H24N2O4. The molecule has 0 unspecified atom stereocenters. The van der Waals surface area contributed by atoms with E-state index in [0.29, 0.717) is 24.4 Å². The van der Waals surface area contributed by atoms with E-state index in [2.05, 4.69) is 10.6 Å². The summed E-state index contributed by atoms with van der Waals surface area (Å²) in [4.78, 5) is 24.3. The number of ether oxygens (including phenoxy) is 2. The van der Waals surface area contributed by atoms with Crippen LogP contribution in [0, 0.1) is 0 Å². The predicted molar refractivity (Wildman–Crippen MR) is 101 cm³/mol. The van der Waals surface area contributed by atoms with Gasteiger partial charge in [0.2, 0.25) is 5.91 Å². The zero-order valence-electron chi connectivity index (χ0n) is 15.1. The third kappa shape index (κ3) is 6.22. The van der Waals surface area contributed by atoms with Crippen molar-refractivity contribution in [1.82, 2.24) is 5.32 Å². The van der Waals surface area contributed by atoms with E-state index in [0.717, 1.165) is 17.7 Å². The molecule has 6 nitrogen and oxygen atoms in total. The number of nitrogens with one attached hydrogen (secondary N) is 2. The van der Waals surface area contributed by atoms with Crippen molar-refractivity contribution in [2.75, 3.05) is 32.7 Å². The molecule has 0 aliphatic heterocycles. The van der Waals surface area contributed by atoms with Crippen molar-refractivity contribution in [3.63, 3.8) is 0 Å². The van der Waals surface area contributed by atoms with Crippen molar-refractivity contribution in [2.24, 2.45) is 0 Å². The van der Waals surface area contributed by atoms with Crippen molar-refractivity contribution < 1.29 is 19.1 Å². The first-order chi connectivity index (χ1) is 12.6. The van der Waals surface area contributed by atoms with Gasteiger partial charge in [-0.3, -0.25) is 9.59 Å². The molecule has 0 heterocycles. The third-order valence-electron chi connectivity index (χ3n) is 3.74. The lowest BCUT2D eigenvalue weighted by Crippen LogP contribution is -2.25. The molecule has 0 bridgehead atoms. The Morgan fingerprint density at radius 2 is 1.81 bits per heavy atom. The summed E-state index contributed by atoms with van der Waals surface area (Å²) in [5, 5.41) is 5.64. The second kappa shape index (κ2) is 10.2. The van der Waals surface area contributed by atoms with Gasteiger partial charge in [0.15, 0.2) is 0 Å². The molecule has 6 heteroatoms. The summed E-state index contributed by atoms with van der Waals surface area (Å²) in [5.74, 6) is 0.429. The fraction of sp³-hybridized carbons (Fsp3) is 0.300. The van der Waals surface area contributed by atoms with Crippen LogP contribution in [0.25, 0.3) is 0 Å². The highest BCUT2D eigenvalue weighted by molar-refractivity contribution is 5.97. The van der Waals surface area contributed by atoms with Crippen LogP contribution in [0.3, 0.4) is 0 Å². The maximum Gasteiger partial charge on any atom is 0.251 e. The molecule has 0 saturated carbocycles. The second-order valence-electron chi connectivity index (χ2n) is 5.76. The number of carbonyl (C=O) groups is 2. The zero-order valence-corrected chi connectivity index (χ0v) is 15.1. The van der Waals surface area contributed by atoms with Gasteiger partial charge in [0.05, 0.1) is 13.5 Å². The molecular weight excluding hydrogens is 332 g/mol. The summed E-state index contributed by atoms with van der Waals surface area (Å²) in [7, 11) is 3.22. The summed E-state index contributed by atoms with van der Waals surface area (Å²) in [6.45, 7) is 1.14. The quantitative estimate of drug-likeness (QED) is 0.677. The molecule has 0 radical (unpaired) electrons. The van der Waals surface area contributed by atoms with Gasteiger partial charge in [0.25, 0.3) is 5.91 Å². The SMILES string of the molecule is COCCCNC(=O)c1cccc(NC(=O)Cc2ccc(OC)cc2)c1. The molecule has 0 aromatic heterocycles. The van der Waals surface area contributed by atoms with E-state index in [1.807, 2.05) is 24.3 Å². The molecule has 2 N–H and O–H groups in total. The molecule has 2 aromatic carbocycles. The fourth-order valence-corrected chi connectivity index (χ4v) is 2.39. The van der Waals surface area contributed by atoms with Gasteiger partial charge in [-0.15, -0.1) is 0 Å². The molecule has 0 aliphatic rings. The normalized spacial score (nSPS) is 10.2. The van der Waals surface area contributed by atoms with E-state index in [-0.39, 0.29) is 18.2 Å². The average molecular weight is 356 g/mol. The van der Waals surface area contributed by atoms with Crippen molar-refractivity contribution in [1.29, 1.82) is 0 Å². The Hall–Kier alpha value is -2.86. The van der Waals surface area contributed by atoms with Gasteiger partial charge in [-0.2, -0.15) is 0 Å². The maximum absolute atomic E-state index is 12.2. The number of anilines is 1. The molecule has 0 aliphatic carbocycles. The van der Waals surface area contributed by atoms with Crippen LogP contribution in [-0.2, 0) is 16.0 Å². The number of hydrogen-bond donors (Lipinski definition) is 2. The highest BCUT2D eigenvalue weighted by atomic mass is 16.5. The molecule has 138 valence electrons. The van der Waals surface area contributed by atoms with Crippen LogP contribution >= 0.6 is 0 Å². The maximum atomic E-state index is 12.2. The Kier molecular flexibility index (Phi) is 7.64. The molecule has 0 fully saturated rings. The minimum atomic E-state index is -0.174. The number of rotatable bonds is 9. The zero-order chi connectivity index (χ0) is 18.8. The Balaban J connectivity index is 1.90. The number of hydrogen-bond acceptors (Lipinski definition) is 4. The summed E-state index contributed by atoms with van der Waals surface area (Å²) in [6, 6.07) is 14.2. The topological polar surface area (TPSA) is 76.7 Å². The van der Waals surface area contributed by atoms with E-state index >= 15 is 0 Å². The van der Waals surface area contributed by atoms with Crippen LogP contribution in [0.1, 0.15) is 22.3 Å². The van der Waals surface area contributed by atoms with Crippen LogP contribution in [-0.4, -0.2) is 39.2 Å². The van der Waals surface area contributed by atoms with Crippen LogP contribution in [0.15, 0.2) is 48.5 Å². The van der Waals surface area contributed by atoms with Crippen LogP contribution in [0.5, 0.6) is 5.75 Å². The van der Waals surface area contributed by atoms with Crippen LogP contribution in [0.2, 0.25) is 0 Å². The van der Waals surface area contributed by atoms with E-state index < -0.39 is 0 Å². The summed E-state index contributed by atoms with van der Waals surface area (Å²) in [6.07, 6.45) is 0.998. The van der Waals surface area contributed by atoms with Gasteiger partial charge in [-0.05, 0) is 42.3 Å². The molecule has 0 saturated heterocycles. The summed E-state index contributed by atoms with van der Waals surface area (Å²) >= 11 is 0. The van der Waals surface area contributed by atoms with Crippen LogP contribution in [0.4, 0.5) is 5.69 Å². The van der Waals surface area contributed by atoms with Gasteiger partial charge in [0.1, 0.15) is 5.75 Å². The van der Waals surface area contributed by atoms with Crippen LogP contribution < -0.4 is 15.4 Å². The van der Waals surface area contributed by atoms with E-state index in [4.69, 9.17) is 9.47 Å². The first-order valence-corrected chi connectivity index (χ1v) is 8.42. The number of methoxy groups -OCH3 is 2. The van der Waals surface area contributed by atoms with Crippen molar-refractivity contribution >= 4 is 17.5 Å². The Bertz CT molecular complexity index is 729. The predicted octanol–water partition coefficient (Wildman–Crippen LogP) is 2.64. The average Bonchev–Trinajstić information content (AvgIpc) is 2.66. The van der Waals surface area contributed by atoms with E-state index in [1.165, 1.54) is 0 Å². The first-order valence-electron chi connectivity index (χ1n) is 8.42. The second-order valence-corrected chi connectivity index (χ2v) is 5.76. The Labute approximate surface area is 153 Å². The Morgan fingerprint density at radius 1 is 1.04 bits per heavy atom. The monoisotopic (exact) mass is 356 g/mol. The first kappa shape index (κ1) is 19.5. The van der Waals surface area contributed by atoms with Crippen molar-refractivity contribution in [3.8, 4) is 5.75 Å². The number of carbonyl (C=O) groups excluding carboxylic acids is 2. The van der Waals surface area contributed by atoms with Gasteiger partial charge in [-0.1, -0.05) is 18.2 Å². The van der Waals surface area contributed by atoms with E-state index in [1.54, 1.807) is 38.5 Å². The van der Waals surface area contributed by atoms with E-state index in [9.17, 15) is 9.59 Å². The molecule has 26 heavy (non-hydrogen) atoms. The van der Waals surface area contributed by atoms with Gasteiger partial charge in [0, 0.05) is 31.5 Å². The van der Waals surface area contributed by atoms with Gasteiger partial charge >= 0.3 is 0 Å². The van der Waals surface area contributed by atoms with Crippen molar-refractivity contribution in [2.45, 2.75) is 12.8 Å². The molecule has 2 amide bonds. The molecule has 0 atom stereocenters. The van der Waals surface area contributed by atoms with Gasteiger partial charge < -0.3 is 20.1 Å². The van der Waals surface area contributed by atoms with Crippen molar-refractivity contribution in [3.05, 3.63) is 59.7 Å². The van der Waals surface area contributed by atoms with Gasteiger partial charge in [-0.25, -0.2) is 0 Å². The fourth-order valence-electron chi connectivity index (χ4n) is 2.39. The standard InChI is InChI=1S/C20H24N2O4/c1-25-12-4-11-21-20(24)16-5-3-6-17(14-16)22-19(23)13-15-7-9-18(26-2)10-8-15/h3,5-10,14H,4,11-13H2,1-2H3,(H,21,24)(H,22,23). The lowest BCUT2D eigenvalue weighted by Gasteiger charge is -2.09. The third-order valence-corrected chi connectivity index (χ3v) is 3.74. The Morgan fingerprint density at radius 3 is 2.50 bits per heavy atom. The molecule has 2 rings (SSSR count). The summed E-state index contributed by atoms with van der Waals surface area (Å²) < 4.78 is 10.0. The highest BCUT2D eigenvalue weighted by Crippen LogP contribution is 2.14. The summed E-state index contributed by atoms with van der Waals surface area (Å²) in [5.41, 5.74) is 1.98. The minimum Gasteiger partial charge on any atom is -0.497 e. The molecule has 0 spiro atoms. The smallest absolute Gasteiger partial charge is 0.251 e. The largest absolute Gasteiger partial charge is 0.497 e. The number of amides is 2. The lowest BCUT2D eigenvalue weighted by atomic mass is 10.1. The minimum absolute atomic E-state index is 0.146. The highest BCUT2D eigenvalue weighted by Gasteiger charge is 2.08. The lowest BCUT2D eigenvalue weighted by molar-refractivity contribution is -0.115.